The molecule has 5 nitrogen and oxygen atoms in total. The fourth-order valence-electron chi connectivity index (χ4n) is 1.60. The average Bonchev–Trinajstić information content (AvgIpc) is 2.78. The first kappa shape index (κ1) is 15.8. The number of esters is 1. The lowest BCUT2D eigenvalue weighted by Gasteiger charge is -2.07. The summed E-state index contributed by atoms with van der Waals surface area (Å²) in [5, 5.41) is 0. The second-order valence-corrected chi connectivity index (χ2v) is 7.76. The van der Waals surface area contributed by atoms with E-state index in [1.165, 1.54) is 25.3 Å². The van der Waals surface area contributed by atoms with E-state index in [2.05, 4.69) is 9.46 Å². The Hall–Kier alpha value is -1.57. The van der Waals surface area contributed by atoms with Crippen LogP contribution in [-0.2, 0) is 14.8 Å². The van der Waals surface area contributed by atoms with Crippen LogP contribution in [0.5, 0.6) is 0 Å². The molecule has 0 aliphatic heterocycles. The average molecular weight is 346 g/mol. The number of nitrogens with one attached hydrogen (secondary N) is 1. The van der Waals surface area contributed by atoms with E-state index in [1.54, 1.807) is 19.1 Å². The molecule has 21 heavy (non-hydrogen) atoms. The van der Waals surface area contributed by atoms with Crippen LogP contribution in [-0.4, -0.2) is 21.5 Å². The van der Waals surface area contributed by atoms with Crippen molar-refractivity contribution >= 4 is 44.6 Å². The highest BCUT2D eigenvalue weighted by Crippen LogP contribution is 2.31. The van der Waals surface area contributed by atoms with E-state index in [9.17, 15) is 13.2 Å². The first-order valence-electron chi connectivity index (χ1n) is 5.80. The van der Waals surface area contributed by atoms with Crippen molar-refractivity contribution in [2.75, 3.05) is 11.8 Å². The predicted octanol–water partition coefficient (Wildman–Crippen LogP) is 3.30. The van der Waals surface area contributed by atoms with E-state index in [4.69, 9.17) is 11.6 Å². The fraction of sp³-hybridized carbons (Fsp3) is 0.154. The smallest absolute Gasteiger partial charge is 0.337 e. The third kappa shape index (κ3) is 3.55. The minimum Gasteiger partial charge on any atom is -0.465 e. The number of aryl methyl sites for hydroxylation is 1. The van der Waals surface area contributed by atoms with Crippen LogP contribution in [0.25, 0.3) is 0 Å². The Morgan fingerprint density at radius 1 is 1.33 bits per heavy atom. The highest BCUT2D eigenvalue weighted by molar-refractivity contribution is 7.94. The van der Waals surface area contributed by atoms with E-state index in [-0.39, 0.29) is 15.5 Å². The number of anilines is 1. The number of hydrogen-bond donors (Lipinski definition) is 1. The Balaban J connectivity index is 2.30. The molecular weight excluding hydrogens is 334 g/mol. The molecule has 2 rings (SSSR count). The number of benzene rings is 1. The minimum atomic E-state index is -3.73. The van der Waals surface area contributed by atoms with Gasteiger partial charge in [0, 0.05) is 5.69 Å². The van der Waals surface area contributed by atoms with Crippen LogP contribution >= 0.6 is 22.9 Å². The van der Waals surface area contributed by atoms with Crippen LogP contribution in [0, 0.1) is 6.92 Å². The molecule has 1 heterocycles. The largest absolute Gasteiger partial charge is 0.465 e. The van der Waals surface area contributed by atoms with Crippen molar-refractivity contribution in [1.29, 1.82) is 0 Å². The molecule has 0 saturated heterocycles. The van der Waals surface area contributed by atoms with Gasteiger partial charge in [-0.1, -0.05) is 17.7 Å². The lowest BCUT2D eigenvalue weighted by molar-refractivity contribution is 0.0601. The van der Waals surface area contributed by atoms with Gasteiger partial charge >= 0.3 is 5.97 Å². The number of methoxy groups -OCH3 is 1. The van der Waals surface area contributed by atoms with Crippen molar-refractivity contribution in [1.82, 2.24) is 0 Å². The highest BCUT2D eigenvalue weighted by atomic mass is 35.5. The van der Waals surface area contributed by atoms with Gasteiger partial charge in [-0.2, -0.15) is 0 Å². The number of thiophene rings is 1. The van der Waals surface area contributed by atoms with Crippen LogP contribution in [0.4, 0.5) is 5.69 Å². The first-order chi connectivity index (χ1) is 9.83. The molecule has 0 unspecified atom stereocenters. The topological polar surface area (TPSA) is 72.5 Å². The standard InChI is InChI=1S/C13H12ClNO4S2/c1-8-6-11(20-12(8)14)21(17,18)15-10-5-3-4-9(7-10)13(16)19-2/h3-7,15H,1-2H3. The van der Waals surface area contributed by atoms with Gasteiger partial charge in [0.15, 0.2) is 0 Å². The van der Waals surface area contributed by atoms with E-state index in [0.717, 1.165) is 11.3 Å². The van der Waals surface area contributed by atoms with Crippen molar-refractivity contribution in [2.45, 2.75) is 11.1 Å². The number of carbonyl (C=O) groups is 1. The summed E-state index contributed by atoms with van der Waals surface area (Å²) >= 11 is 6.87. The molecular formula is C13H12ClNO4S2. The number of sulfonamides is 1. The molecule has 0 bridgehead atoms. The molecule has 0 spiro atoms. The Bertz CT molecular complexity index is 764. The third-order valence-corrected chi connectivity index (χ3v) is 6.05. The zero-order chi connectivity index (χ0) is 15.6. The van der Waals surface area contributed by atoms with E-state index in [0.29, 0.717) is 9.90 Å². The SMILES string of the molecule is COC(=O)c1cccc(NS(=O)(=O)c2cc(C)c(Cl)s2)c1. The zero-order valence-electron chi connectivity index (χ0n) is 11.2. The van der Waals surface area contributed by atoms with Gasteiger partial charge in [-0.05, 0) is 36.8 Å². The van der Waals surface area contributed by atoms with E-state index in [1.807, 2.05) is 0 Å². The molecule has 2 aromatic rings. The summed E-state index contributed by atoms with van der Waals surface area (Å²) in [7, 11) is -2.47. The number of halogens is 1. The Kier molecular flexibility index (Phi) is 4.55. The maximum Gasteiger partial charge on any atom is 0.337 e. The maximum absolute atomic E-state index is 12.2. The Morgan fingerprint density at radius 3 is 2.62 bits per heavy atom. The number of carbonyl (C=O) groups excluding carboxylic acids is 1. The molecule has 112 valence electrons. The highest BCUT2D eigenvalue weighted by Gasteiger charge is 2.19. The molecule has 0 amide bonds. The lowest BCUT2D eigenvalue weighted by atomic mass is 10.2. The summed E-state index contributed by atoms with van der Waals surface area (Å²) in [6.07, 6.45) is 0. The molecule has 1 N–H and O–H groups in total. The minimum absolute atomic E-state index is 0.119. The lowest BCUT2D eigenvalue weighted by Crippen LogP contribution is -2.12. The Morgan fingerprint density at radius 2 is 2.05 bits per heavy atom. The summed E-state index contributed by atoms with van der Waals surface area (Å²) in [6, 6.07) is 7.56. The molecule has 8 heteroatoms. The number of rotatable bonds is 4. The molecule has 1 aromatic heterocycles. The van der Waals surface area contributed by atoms with Gasteiger partial charge < -0.3 is 4.74 Å². The monoisotopic (exact) mass is 345 g/mol. The van der Waals surface area contributed by atoms with Gasteiger partial charge in [0.25, 0.3) is 10.0 Å². The van der Waals surface area contributed by atoms with Crippen molar-refractivity contribution < 1.29 is 17.9 Å². The third-order valence-electron chi connectivity index (χ3n) is 2.64. The molecule has 0 atom stereocenters. The van der Waals surface area contributed by atoms with Crippen molar-refractivity contribution in [3.63, 3.8) is 0 Å². The molecule has 0 fully saturated rings. The van der Waals surface area contributed by atoms with E-state index < -0.39 is 16.0 Å². The molecule has 0 radical (unpaired) electrons. The van der Waals surface area contributed by atoms with Gasteiger partial charge in [-0.15, -0.1) is 11.3 Å². The second-order valence-electron chi connectivity index (χ2n) is 4.20. The van der Waals surface area contributed by atoms with Crippen LogP contribution < -0.4 is 4.72 Å². The van der Waals surface area contributed by atoms with Gasteiger partial charge in [0.1, 0.15) is 4.21 Å². The van der Waals surface area contributed by atoms with Crippen molar-refractivity contribution in [3.05, 3.63) is 45.8 Å². The quantitative estimate of drug-likeness (QED) is 0.863. The number of ether oxygens (including phenoxy) is 1. The van der Waals surface area contributed by atoms with Gasteiger partial charge in [0.2, 0.25) is 0 Å². The van der Waals surface area contributed by atoms with Gasteiger partial charge in [-0.25, -0.2) is 13.2 Å². The summed E-state index contributed by atoms with van der Waals surface area (Å²) in [5.74, 6) is -0.536. The predicted molar refractivity (Wildman–Crippen MR) is 82.7 cm³/mol. The molecule has 1 aromatic carbocycles. The Labute approximate surface area is 131 Å². The van der Waals surface area contributed by atoms with Crippen LogP contribution in [0.2, 0.25) is 4.34 Å². The van der Waals surface area contributed by atoms with Gasteiger partial charge in [-0.3, -0.25) is 4.72 Å². The van der Waals surface area contributed by atoms with Crippen LogP contribution in [0.3, 0.4) is 0 Å². The van der Waals surface area contributed by atoms with Gasteiger partial charge in [0.05, 0.1) is 17.0 Å². The summed E-state index contributed by atoms with van der Waals surface area (Å²) < 4.78 is 32.0. The van der Waals surface area contributed by atoms with Crippen LogP contribution in [0.1, 0.15) is 15.9 Å². The summed E-state index contributed by atoms with van der Waals surface area (Å²) in [6.45, 7) is 1.73. The van der Waals surface area contributed by atoms with Crippen LogP contribution in [0.15, 0.2) is 34.5 Å². The zero-order valence-corrected chi connectivity index (χ0v) is 13.6. The summed E-state index contributed by atoms with van der Waals surface area (Å²) in [4.78, 5) is 11.4. The summed E-state index contributed by atoms with van der Waals surface area (Å²) in [5.41, 5.74) is 1.24. The normalized spacial score (nSPS) is 11.2. The molecule has 0 aliphatic rings. The fourth-order valence-corrected chi connectivity index (χ4v) is 4.35. The van der Waals surface area contributed by atoms with Crippen molar-refractivity contribution in [2.24, 2.45) is 0 Å². The maximum atomic E-state index is 12.2. The van der Waals surface area contributed by atoms with E-state index >= 15 is 0 Å². The molecule has 0 saturated carbocycles. The second kappa shape index (κ2) is 6.05. The molecule has 0 aliphatic carbocycles. The van der Waals surface area contributed by atoms with Crippen molar-refractivity contribution in [3.8, 4) is 0 Å². The first-order valence-corrected chi connectivity index (χ1v) is 8.48. The number of hydrogen-bond acceptors (Lipinski definition) is 5.